The molecule has 2 aliphatic rings. The van der Waals surface area contributed by atoms with E-state index in [2.05, 4.69) is 0 Å². The number of hydrogen-bond donors (Lipinski definition) is 4. The van der Waals surface area contributed by atoms with Gasteiger partial charge in [-0.2, -0.15) is 0 Å². The zero-order chi connectivity index (χ0) is 18.4. The van der Waals surface area contributed by atoms with E-state index in [0.717, 1.165) is 6.92 Å². The van der Waals surface area contributed by atoms with Gasteiger partial charge in [-0.15, -0.1) is 0 Å². The molecule has 0 aromatic carbocycles. The Hall–Kier alpha value is -2.20. The number of aliphatic carboxylic acids is 2. The number of carbonyl (C=O) groups is 4. The summed E-state index contributed by atoms with van der Waals surface area (Å²) < 4.78 is 0. The number of β-amino-alcohol motifs (C(OH)–C–C–N with tert-alkyl or cyclic N) is 1. The first-order chi connectivity index (χ1) is 11.2. The molecule has 24 heavy (non-hydrogen) atoms. The second-order valence-corrected chi connectivity index (χ2v) is 5.70. The van der Waals surface area contributed by atoms with Crippen molar-refractivity contribution in [1.29, 1.82) is 0 Å². The van der Waals surface area contributed by atoms with Crippen molar-refractivity contribution in [3.05, 3.63) is 0 Å². The maximum absolute atomic E-state index is 12.5. The van der Waals surface area contributed by atoms with Crippen LogP contribution in [0.15, 0.2) is 0 Å². The molecule has 0 bridgehead atoms. The molecule has 2 heterocycles. The second-order valence-electron chi connectivity index (χ2n) is 5.70. The molecule has 0 saturated carbocycles. The SMILES string of the molecule is CC(=O)O.NCC(=O)N1CCC[C@H]1C(=O)N1C[C@H](O)C[C@H]1C(=O)O. The summed E-state index contributed by atoms with van der Waals surface area (Å²) in [6.45, 7) is 1.37. The summed E-state index contributed by atoms with van der Waals surface area (Å²) in [5.74, 6) is -2.69. The van der Waals surface area contributed by atoms with Crippen LogP contribution < -0.4 is 5.73 Å². The predicted molar refractivity (Wildman–Crippen MR) is 80.9 cm³/mol. The number of nitrogens with two attached hydrogens (primary N) is 1. The topological polar surface area (TPSA) is 161 Å². The van der Waals surface area contributed by atoms with Crippen molar-refractivity contribution >= 4 is 23.8 Å². The van der Waals surface area contributed by atoms with Crippen LogP contribution in [-0.4, -0.2) is 86.7 Å². The molecule has 10 nitrogen and oxygen atoms in total. The first-order valence-electron chi connectivity index (χ1n) is 7.59. The van der Waals surface area contributed by atoms with Crippen molar-refractivity contribution in [3.8, 4) is 0 Å². The molecule has 0 aliphatic carbocycles. The van der Waals surface area contributed by atoms with Crippen molar-refractivity contribution in [3.63, 3.8) is 0 Å². The van der Waals surface area contributed by atoms with Gasteiger partial charge in [0.25, 0.3) is 5.97 Å². The molecule has 2 aliphatic heterocycles. The van der Waals surface area contributed by atoms with Crippen LogP contribution >= 0.6 is 0 Å². The number of carboxylic acid groups (broad SMARTS) is 2. The van der Waals surface area contributed by atoms with E-state index in [4.69, 9.17) is 20.7 Å². The lowest BCUT2D eigenvalue weighted by Gasteiger charge is -2.29. The van der Waals surface area contributed by atoms with E-state index in [1.807, 2.05) is 0 Å². The molecule has 0 aromatic rings. The Morgan fingerprint density at radius 2 is 1.71 bits per heavy atom. The molecular formula is C14H23N3O7. The Labute approximate surface area is 138 Å². The highest BCUT2D eigenvalue weighted by molar-refractivity contribution is 5.91. The molecule has 2 rings (SSSR count). The fraction of sp³-hybridized carbons (Fsp3) is 0.714. The summed E-state index contributed by atoms with van der Waals surface area (Å²) in [5.41, 5.74) is 5.32. The number of carbonyl (C=O) groups excluding carboxylic acids is 2. The molecule has 0 unspecified atom stereocenters. The molecule has 2 fully saturated rings. The second kappa shape index (κ2) is 8.60. The van der Waals surface area contributed by atoms with E-state index in [1.165, 1.54) is 9.80 Å². The van der Waals surface area contributed by atoms with Crippen LogP contribution in [0.4, 0.5) is 0 Å². The zero-order valence-corrected chi connectivity index (χ0v) is 13.4. The third kappa shape index (κ3) is 4.90. The van der Waals surface area contributed by atoms with Crippen LogP contribution in [0.3, 0.4) is 0 Å². The van der Waals surface area contributed by atoms with Crippen LogP contribution in [0.25, 0.3) is 0 Å². The Bertz CT molecular complexity index is 507. The quantitative estimate of drug-likeness (QED) is 0.460. The predicted octanol–water partition coefficient (Wildman–Crippen LogP) is -1.93. The smallest absolute Gasteiger partial charge is 0.326 e. The van der Waals surface area contributed by atoms with Crippen LogP contribution in [0.2, 0.25) is 0 Å². The average molecular weight is 345 g/mol. The number of nitrogens with zero attached hydrogens (tertiary/aromatic N) is 2. The van der Waals surface area contributed by atoms with E-state index in [1.54, 1.807) is 0 Å². The van der Waals surface area contributed by atoms with Crippen molar-refractivity contribution in [1.82, 2.24) is 9.80 Å². The lowest BCUT2D eigenvalue weighted by molar-refractivity contribution is -0.151. The lowest BCUT2D eigenvalue weighted by Crippen LogP contribution is -2.52. The van der Waals surface area contributed by atoms with Gasteiger partial charge in [0, 0.05) is 26.4 Å². The number of carboxylic acids is 2. The average Bonchev–Trinajstić information content (AvgIpc) is 3.11. The number of aliphatic hydroxyl groups excluding tert-OH is 1. The van der Waals surface area contributed by atoms with Gasteiger partial charge < -0.3 is 30.9 Å². The summed E-state index contributed by atoms with van der Waals surface area (Å²) in [5, 5.41) is 26.1. The highest BCUT2D eigenvalue weighted by Gasteiger charge is 2.44. The van der Waals surface area contributed by atoms with E-state index in [0.29, 0.717) is 19.4 Å². The van der Waals surface area contributed by atoms with E-state index in [-0.39, 0.29) is 25.4 Å². The van der Waals surface area contributed by atoms with Crippen LogP contribution in [0.1, 0.15) is 26.2 Å². The van der Waals surface area contributed by atoms with Crippen molar-refractivity contribution in [2.45, 2.75) is 44.4 Å². The number of hydrogen-bond acceptors (Lipinski definition) is 6. The molecule has 0 radical (unpaired) electrons. The van der Waals surface area contributed by atoms with Crippen molar-refractivity contribution < 1.29 is 34.5 Å². The Morgan fingerprint density at radius 3 is 2.21 bits per heavy atom. The standard InChI is InChI=1S/C12H19N3O5.C2H4O2/c13-5-10(17)14-3-1-2-8(14)11(18)15-6-7(16)4-9(15)12(19)20;1-2(3)4/h7-9,16H,1-6,13H2,(H,19,20);1H3,(H,3,4)/t7-,8+,9+;/m1./s1. The summed E-state index contributed by atoms with van der Waals surface area (Å²) in [7, 11) is 0. The van der Waals surface area contributed by atoms with Gasteiger partial charge >= 0.3 is 5.97 Å². The third-order valence-electron chi connectivity index (χ3n) is 3.88. The van der Waals surface area contributed by atoms with Gasteiger partial charge in [-0.25, -0.2) is 4.79 Å². The van der Waals surface area contributed by atoms with Gasteiger partial charge in [-0.3, -0.25) is 14.4 Å². The van der Waals surface area contributed by atoms with Crippen LogP contribution in [0.5, 0.6) is 0 Å². The number of amides is 2. The van der Waals surface area contributed by atoms with E-state index in [9.17, 15) is 19.5 Å². The summed E-state index contributed by atoms with van der Waals surface area (Å²) in [4.78, 5) is 46.9. The molecule has 0 aromatic heterocycles. The minimum absolute atomic E-state index is 0.00302. The first-order valence-corrected chi connectivity index (χ1v) is 7.59. The van der Waals surface area contributed by atoms with Gasteiger partial charge in [0.1, 0.15) is 12.1 Å². The molecule has 3 atom stereocenters. The molecule has 10 heteroatoms. The van der Waals surface area contributed by atoms with Gasteiger partial charge in [-0.05, 0) is 12.8 Å². The van der Waals surface area contributed by atoms with Gasteiger partial charge in [0.15, 0.2) is 0 Å². The molecule has 0 spiro atoms. The lowest BCUT2D eigenvalue weighted by atomic mass is 10.1. The number of aliphatic hydroxyl groups is 1. The summed E-state index contributed by atoms with van der Waals surface area (Å²) >= 11 is 0. The van der Waals surface area contributed by atoms with E-state index >= 15 is 0 Å². The van der Waals surface area contributed by atoms with Crippen LogP contribution in [-0.2, 0) is 19.2 Å². The normalized spacial score (nSPS) is 25.9. The molecular weight excluding hydrogens is 322 g/mol. The summed E-state index contributed by atoms with van der Waals surface area (Å²) in [6, 6.07) is -1.67. The van der Waals surface area contributed by atoms with Gasteiger partial charge in [0.2, 0.25) is 11.8 Å². The Balaban J connectivity index is 0.000000648. The fourth-order valence-corrected chi connectivity index (χ4v) is 2.92. The molecule has 5 N–H and O–H groups in total. The monoisotopic (exact) mass is 345 g/mol. The van der Waals surface area contributed by atoms with Crippen molar-refractivity contribution in [2.75, 3.05) is 19.6 Å². The highest BCUT2D eigenvalue weighted by Crippen LogP contribution is 2.25. The zero-order valence-electron chi connectivity index (χ0n) is 13.4. The fourth-order valence-electron chi connectivity index (χ4n) is 2.92. The van der Waals surface area contributed by atoms with E-state index < -0.39 is 36.0 Å². The minimum atomic E-state index is -1.13. The molecule has 2 saturated heterocycles. The molecule has 2 amide bonds. The van der Waals surface area contributed by atoms with Crippen molar-refractivity contribution in [2.24, 2.45) is 5.73 Å². The Kier molecular flexibility index (Phi) is 7.11. The third-order valence-corrected chi connectivity index (χ3v) is 3.88. The van der Waals surface area contributed by atoms with Gasteiger partial charge in [-0.1, -0.05) is 0 Å². The maximum Gasteiger partial charge on any atom is 0.326 e. The number of likely N-dealkylation sites (tertiary alicyclic amines) is 2. The molecule has 136 valence electrons. The van der Waals surface area contributed by atoms with Crippen LogP contribution in [0, 0.1) is 0 Å². The first kappa shape index (κ1) is 19.8. The minimum Gasteiger partial charge on any atom is -0.481 e. The highest BCUT2D eigenvalue weighted by atomic mass is 16.4. The summed E-state index contributed by atoms with van der Waals surface area (Å²) in [6.07, 6.45) is 0.387. The Morgan fingerprint density at radius 1 is 1.12 bits per heavy atom. The number of rotatable bonds is 3. The van der Waals surface area contributed by atoms with Gasteiger partial charge in [0.05, 0.1) is 12.6 Å². The largest absolute Gasteiger partial charge is 0.481 e. The maximum atomic E-state index is 12.5.